The van der Waals surface area contributed by atoms with Gasteiger partial charge in [0.2, 0.25) is 11.7 Å². The summed E-state index contributed by atoms with van der Waals surface area (Å²) in [6, 6.07) is 23.1. The Morgan fingerprint density at radius 3 is 2.28 bits per heavy atom. The number of ether oxygens (including phenoxy) is 5. The zero-order chi connectivity index (χ0) is 38.4. The fraction of sp³-hybridized carbons (Fsp3) is 0.184. The van der Waals surface area contributed by atoms with Gasteiger partial charge < -0.3 is 23.7 Å². The molecule has 0 aliphatic carbocycles. The Morgan fingerprint density at radius 1 is 0.889 bits per heavy atom. The molecule has 5 aromatic rings. The first-order chi connectivity index (χ1) is 26.0. The van der Waals surface area contributed by atoms with Crippen LogP contribution in [0.25, 0.3) is 0 Å². The second-order valence-corrected chi connectivity index (χ2v) is 12.2. The maximum Gasteiger partial charge on any atom is 0.344 e. The molecule has 0 radical (unpaired) electrons. The van der Waals surface area contributed by atoms with E-state index < -0.39 is 59.3 Å². The quantitative estimate of drug-likeness (QED) is 0.170. The maximum atomic E-state index is 15.1. The molecule has 6 rings (SSSR count). The normalized spacial score (nSPS) is 16.4. The molecule has 0 unspecified atom stereocenters. The summed E-state index contributed by atoms with van der Waals surface area (Å²) in [5, 5.41) is -0.112. The Morgan fingerprint density at radius 2 is 1.56 bits per heavy atom. The maximum absolute atomic E-state index is 15.1. The van der Waals surface area contributed by atoms with Gasteiger partial charge in [0.25, 0.3) is 11.5 Å². The van der Waals surface area contributed by atoms with Crippen LogP contribution in [0.4, 0.5) is 4.39 Å². The molecule has 14 nitrogen and oxygen atoms in total. The highest BCUT2D eigenvalue weighted by atomic mass is 35.5. The number of hydrogen-bond acceptors (Lipinski definition) is 12. The fourth-order valence-corrected chi connectivity index (χ4v) is 5.57. The van der Waals surface area contributed by atoms with E-state index in [9.17, 15) is 28.8 Å². The van der Waals surface area contributed by atoms with Crippen LogP contribution in [0.1, 0.15) is 56.2 Å². The van der Waals surface area contributed by atoms with Gasteiger partial charge in [-0.25, -0.2) is 19.4 Å². The van der Waals surface area contributed by atoms with Gasteiger partial charge in [0.15, 0.2) is 5.75 Å². The van der Waals surface area contributed by atoms with Crippen LogP contribution in [0.3, 0.4) is 0 Å². The lowest BCUT2D eigenvalue weighted by Gasteiger charge is -2.18. The third-order valence-electron chi connectivity index (χ3n) is 8.07. The van der Waals surface area contributed by atoms with E-state index in [0.717, 1.165) is 28.5 Å². The van der Waals surface area contributed by atoms with Crippen molar-refractivity contribution in [2.75, 3.05) is 6.61 Å². The van der Waals surface area contributed by atoms with E-state index >= 15 is 4.39 Å². The molecule has 0 N–H and O–H groups in total. The summed E-state index contributed by atoms with van der Waals surface area (Å²) in [4.78, 5) is 81.3. The van der Waals surface area contributed by atoms with Crippen molar-refractivity contribution in [1.29, 1.82) is 0 Å². The van der Waals surface area contributed by atoms with Crippen LogP contribution >= 0.6 is 11.6 Å². The van der Waals surface area contributed by atoms with Crippen molar-refractivity contribution in [2.45, 2.75) is 38.4 Å². The molecule has 1 aliphatic rings. The van der Waals surface area contributed by atoms with Crippen molar-refractivity contribution in [1.82, 2.24) is 14.1 Å². The lowest BCUT2D eigenvalue weighted by Crippen LogP contribution is -2.46. The summed E-state index contributed by atoms with van der Waals surface area (Å²) >= 11 is 6.17. The number of benzene rings is 3. The van der Waals surface area contributed by atoms with Crippen LogP contribution < -0.4 is 20.7 Å². The molecule has 1 fully saturated rings. The summed E-state index contributed by atoms with van der Waals surface area (Å²) in [5.74, 6) is -5.49. The molecule has 3 aromatic carbocycles. The van der Waals surface area contributed by atoms with Crippen molar-refractivity contribution >= 4 is 35.4 Å². The Labute approximate surface area is 310 Å². The number of nitrogens with zero attached hydrogens (tertiary/aromatic N) is 3. The van der Waals surface area contributed by atoms with Gasteiger partial charge in [0.05, 0.1) is 36.2 Å². The minimum Gasteiger partial charge on any atom is -0.463 e. The van der Waals surface area contributed by atoms with E-state index in [2.05, 4.69) is 4.98 Å². The highest BCUT2D eigenvalue weighted by Crippen LogP contribution is 2.31. The zero-order valence-corrected chi connectivity index (χ0v) is 29.0. The molecular formula is C38H29ClFN3O11. The van der Waals surface area contributed by atoms with Crippen LogP contribution in [0, 0.1) is 5.82 Å². The average Bonchev–Trinajstić information content (AvgIpc) is 3.59. The van der Waals surface area contributed by atoms with Crippen molar-refractivity contribution in [2.24, 2.45) is 0 Å². The average molecular weight is 758 g/mol. The topological polar surface area (TPSA) is 171 Å². The predicted octanol–water partition coefficient (Wildman–Crippen LogP) is 4.76. The van der Waals surface area contributed by atoms with Gasteiger partial charge in [-0.2, -0.15) is 8.96 Å². The monoisotopic (exact) mass is 757 g/mol. The largest absolute Gasteiger partial charge is 0.463 e. The molecular weight excluding hydrogens is 729 g/mol. The standard InChI is InChI=1S/C38H29ClFN3O11/c1-22(44)50-21-31-30(51-20-23-9-4-2-5-10-23)17-33(52-31)42-19-28(40)35(46)43(38(42)49)34(45)25-13-8-14-26(15-25)37(48)53-29-16-32(41-18-27(29)39)54-36(47)24-11-6-3-7-12-24/h2-16,18-19,30-31,33H,17,20-21H2,1H3/t30-,31+,33+/m0/s1. The van der Waals surface area contributed by atoms with Crippen LogP contribution in [0.5, 0.6) is 11.6 Å². The third-order valence-corrected chi connectivity index (χ3v) is 8.36. The Bertz CT molecular complexity index is 2330. The first-order valence-electron chi connectivity index (χ1n) is 16.3. The number of carbonyl (C=O) groups is 4. The van der Waals surface area contributed by atoms with Gasteiger partial charge in [-0.3, -0.25) is 19.0 Å². The number of esters is 3. The first-order valence-corrected chi connectivity index (χ1v) is 16.6. The number of rotatable bonds is 11. The van der Waals surface area contributed by atoms with Gasteiger partial charge in [-0.05, 0) is 35.9 Å². The van der Waals surface area contributed by atoms with Gasteiger partial charge in [-0.15, -0.1) is 0 Å². The molecule has 1 aliphatic heterocycles. The minimum absolute atomic E-state index is 0.0312. The number of aromatic nitrogens is 3. The Kier molecular flexibility index (Phi) is 11.5. The van der Waals surface area contributed by atoms with Crippen LogP contribution in [-0.2, 0) is 25.6 Å². The van der Waals surface area contributed by atoms with E-state index in [1.165, 1.54) is 37.3 Å². The van der Waals surface area contributed by atoms with E-state index in [0.29, 0.717) is 6.20 Å². The number of halogens is 2. The van der Waals surface area contributed by atoms with Gasteiger partial charge in [-0.1, -0.05) is 66.2 Å². The highest BCUT2D eigenvalue weighted by Gasteiger charge is 2.39. The van der Waals surface area contributed by atoms with Crippen LogP contribution in [-0.4, -0.2) is 56.7 Å². The van der Waals surface area contributed by atoms with E-state index in [1.54, 1.807) is 18.2 Å². The van der Waals surface area contributed by atoms with E-state index in [-0.39, 0.29) is 57.5 Å². The van der Waals surface area contributed by atoms with E-state index in [1.807, 2.05) is 30.3 Å². The molecule has 276 valence electrons. The van der Waals surface area contributed by atoms with Crippen molar-refractivity contribution in [3.8, 4) is 11.6 Å². The van der Waals surface area contributed by atoms with Gasteiger partial charge >= 0.3 is 23.6 Å². The molecule has 0 bridgehead atoms. The SMILES string of the molecule is CC(=O)OC[C@H]1O[C@@H](n2cc(F)c(=O)n(C(=O)c3cccc(C(=O)Oc4cc(OC(=O)c5ccccc5)ncc4Cl)c3)c2=O)C[C@@H]1OCc1ccccc1. The molecule has 54 heavy (non-hydrogen) atoms. The molecule has 0 amide bonds. The van der Waals surface area contributed by atoms with Gasteiger partial charge in [0.1, 0.15) is 24.0 Å². The molecule has 3 heterocycles. The second kappa shape index (κ2) is 16.6. The summed E-state index contributed by atoms with van der Waals surface area (Å²) in [7, 11) is 0. The number of pyridine rings is 1. The Balaban J connectivity index is 1.21. The fourth-order valence-electron chi connectivity index (χ4n) is 5.43. The van der Waals surface area contributed by atoms with Crippen molar-refractivity contribution in [3.63, 3.8) is 0 Å². The first kappa shape index (κ1) is 37.5. The number of carbonyl (C=O) groups excluding carboxylic acids is 4. The van der Waals surface area contributed by atoms with Crippen molar-refractivity contribution < 1.29 is 47.3 Å². The molecule has 16 heteroatoms. The smallest absolute Gasteiger partial charge is 0.344 e. The zero-order valence-electron chi connectivity index (χ0n) is 28.3. The van der Waals surface area contributed by atoms with Crippen molar-refractivity contribution in [3.05, 3.63) is 157 Å². The van der Waals surface area contributed by atoms with Gasteiger partial charge in [0, 0.05) is 25.0 Å². The molecule has 3 atom stereocenters. The summed E-state index contributed by atoms with van der Waals surface area (Å²) in [5.41, 5.74) is -2.26. The summed E-state index contributed by atoms with van der Waals surface area (Å²) < 4.78 is 43.7. The summed E-state index contributed by atoms with van der Waals surface area (Å²) in [6.45, 7) is 1.11. The van der Waals surface area contributed by atoms with E-state index in [4.69, 9.17) is 35.3 Å². The second-order valence-electron chi connectivity index (χ2n) is 11.8. The molecule has 1 saturated heterocycles. The van der Waals surface area contributed by atoms with Crippen LogP contribution in [0.15, 0.2) is 113 Å². The molecule has 2 aromatic heterocycles. The third kappa shape index (κ3) is 8.66. The minimum atomic E-state index is -1.54. The number of hydrogen-bond donors (Lipinski definition) is 0. The Hall–Kier alpha value is -6.29. The molecule has 0 spiro atoms. The highest BCUT2D eigenvalue weighted by molar-refractivity contribution is 6.32. The molecule has 0 saturated carbocycles. The van der Waals surface area contributed by atoms with Crippen LogP contribution in [0.2, 0.25) is 5.02 Å². The predicted molar refractivity (Wildman–Crippen MR) is 187 cm³/mol. The summed E-state index contributed by atoms with van der Waals surface area (Å²) in [6.07, 6.45) is -1.14. The lowest BCUT2D eigenvalue weighted by molar-refractivity contribution is -0.148. The lowest BCUT2D eigenvalue weighted by atomic mass is 10.1.